The molecule has 0 aliphatic heterocycles. The third-order valence-corrected chi connectivity index (χ3v) is 6.17. The highest BCUT2D eigenvalue weighted by Gasteiger charge is 2.15. The summed E-state index contributed by atoms with van der Waals surface area (Å²) in [6.07, 6.45) is 0.612. The third kappa shape index (κ3) is 8.04. The molecule has 0 amide bonds. The lowest BCUT2D eigenvalue weighted by molar-refractivity contribution is 0.0627. The summed E-state index contributed by atoms with van der Waals surface area (Å²) in [5, 5.41) is 0. The summed E-state index contributed by atoms with van der Waals surface area (Å²) < 4.78 is 22.7. The lowest BCUT2D eigenvalue weighted by atomic mass is 10.0. The van der Waals surface area contributed by atoms with Crippen LogP contribution in [0, 0.1) is 0 Å². The molecule has 0 saturated heterocycles. The first-order valence-electron chi connectivity index (χ1n) is 13.0. The van der Waals surface area contributed by atoms with Crippen molar-refractivity contribution in [1.29, 1.82) is 0 Å². The van der Waals surface area contributed by atoms with Gasteiger partial charge in [-0.3, -0.25) is 0 Å². The maximum atomic E-state index is 12.4. The fourth-order valence-electron chi connectivity index (χ4n) is 4.31. The van der Waals surface area contributed by atoms with E-state index in [1.807, 2.05) is 74.5 Å². The number of hydrogen-bond donors (Lipinski definition) is 0. The second-order valence-electron chi connectivity index (χ2n) is 8.86. The Morgan fingerprint density at radius 3 is 1.26 bits per heavy atom. The van der Waals surface area contributed by atoms with Crippen LogP contribution in [0.2, 0.25) is 0 Å². The van der Waals surface area contributed by atoms with Crippen LogP contribution in [0.25, 0.3) is 0 Å². The second kappa shape index (κ2) is 14.1. The number of hydrogen-bond acceptors (Lipinski definition) is 5. The van der Waals surface area contributed by atoms with E-state index in [1.54, 1.807) is 24.3 Å². The van der Waals surface area contributed by atoms with Gasteiger partial charge in [0.05, 0.1) is 12.2 Å². The van der Waals surface area contributed by atoms with Crippen LogP contribution < -0.4 is 9.47 Å². The van der Waals surface area contributed by atoms with Crippen molar-refractivity contribution in [2.75, 3.05) is 13.2 Å². The summed E-state index contributed by atoms with van der Waals surface area (Å²) >= 11 is 0. The normalized spacial score (nSPS) is 12.5. The van der Waals surface area contributed by atoms with Crippen LogP contribution in [0.5, 0.6) is 11.5 Å². The number of ether oxygens (including phenoxy) is 4. The molecule has 0 heterocycles. The zero-order valence-corrected chi connectivity index (χ0v) is 21.9. The van der Waals surface area contributed by atoms with Crippen LogP contribution >= 0.6 is 0 Å². The smallest absolute Gasteiger partial charge is 0.395 e. The number of carbonyl (C=O) groups excluding carboxylic acids is 1. The zero-order chi connectivity index (χ0) is 26.6. The fraction of sp³-hybridized carbons (Fsp3) is 0.242. The molecule has 0 aliphatic carbocycles. The lowest BCUT2D eigenvalue weighted by Gasteiger charge is -2.18. The third-order valence-electron chi connectivity index (χ3n) is 6.17. The van der Waals surface area contributed by atoms with E-state index in [9.17, 15) is 4.79 Å². The Bertz CT molecular complexity index is 1140. The summed E-state index contributed by atoms with van der Waals surface area (Å²) in [7, 11) is 0. The summed E-state index contributed by atoms with van der Waals surface area (Å²) in [6.45, 7) is 5.25. The van der Waals surface area contributed by atoms with Crippen LogP contribution in [0.3, 0.4) is 0 Å². The van der Waals surface area contributed by atoms with Gasteiger partial charge < -0.3 is 18.9 Å². The van der Waals surface area contributed by atoms with Gasteiger partial charge in [0.2, 0.25) is 0 Å². The molecule has 0 saturated carbocycles. The highest BCUT2D eigenvalue weighted by molar-refractivity contribution is 5.67. The van der Waals surface area contributed by atoms with Gasteiger partial charge >= 0.3 is 6.16 Å². The molecule has 4 aromatic carbocycles. The highest BCUT2D eigenvalue weighted by Crippen LogP contribution is 2.25. The molecule has 0 aromatic heterocycles. The Labute approximate surface area is 225 Å². The number of rotatable bonds is 12. The molecule has 2 unspecified atom stereocenters. The average Bonchev–Trinajstić information content (AvgIpc) is 2.95. The van der Waals surface area contributed by atoms with Crippen LogP contribution in [0.15, 0.2) is 109 Å². The molecule has 0 N–H and O–H groups in total. The van der Waals surface area contributed by atoms with Crippen molar-refractivity contribution in [1.82, 2.24) is 0 Å². The Balaban J connectivity index is 1.30. The van der Waals surface area contributed by atoms with Crippen LogP contribution in [-0.2, 0) is 22.3 Å². The van der Waals surface area contributed by atoms with Gasteiger partial charge in [-0.25, -0.2) is 4.79 Å². The topological polar surface area (TPSA) is 54.0 Å². The quantitative estimate of drug-likeness (QED) is 0.143. The van der Waals surface area contributed by atoms with Gasteiger partial charge in [0.15, 0.2) is 0 Å². The number of carbonyl (C=O) groups is 1. The van der Waals surface area contributed by atoms with E-state index >= 15 is 0 Å². The van der Waals surface area contributed by atoms with Gasteiger partial charge in [0.25, 0.3) is 0 Å². The zero-order valence-electron chi connectivity index (χ0n) is 21.9. The van der Waals surface area contributed by atoms with E-state index in [1.165, 1.54) is 0 Å². The summed E-state index contributed by atoms with van der Waals surface area (Å²) in [6, 6.07) is 35.2. The molecule has 0 spiro atoms. The van der Waals surface area contributed by atoms with Crippen LogP contribution in [0.4, 0.5) is 4.79 Å². The van der Waals surface area contributed by atoms with Crippen molar-refractivity contribution in [2.45, 2.75) is 38.9 Å². The Morgan fingerprint density at radius 1 is 0.553 bits per heavy atom. The molecule has 4 rings (SSSR count). The fourth-order valence-corrected chi connectivity index (χ4v) is 4.31. The first-order chi connectivity index (χ1) is 18.6. The minimum absolute atomic E-state index is 0.0302. The predicted octanol–water partition coefficient (Wildman–Crippen LogP) is 7.91. The van der Waals surface area contributed by atoms with E-state index in [0.29, 0.717) is 24.7 Å². The molecule has 0 bridgehead atoms. The molecule has 0 aliphatic rings. The van der Waals surface area contributed by atoms with Gasteiger partial charge in [0, 0.05) is 26.1 Å². The highest BCUT2D eigenvalue weighted by atomic mass is 16.7. The molecule has 2 atom stereocenters. The molecule has 0 radical (unpaired) electrons. The van der Waals surface area contributed by atoms with E-state index in [2.05, 4.69) is 24.3 Å². The van der Waals surface area contributed by atoms with Crippen molar-refractivity contribution in [3.05, 3.63) is 131 Å². The first kappa shape index (κ1) is 27.1. The van der Waals surface area contributed by atoms with Crippen molar-refractivity contribution < 1.29 is 23.7 Å². The predicted molar refractivity (Wildman–Crippen MR) is 149 cm³/mol. The molecule has 196 valence electrons. The van der Waals surface area contributed by atoms with Crippen molar-refractivity contribution in [2.24, 2.45) is 0 Å². The van der Waals surface area contributed by atoms with Gasteiger partial charge in [-0.15, -0.1) is 0 Å². The second-order valence-corrected chi connectivity index (χ2v) is 8.86. The van der Waals surface area contributed by atoms with Gasteiger partial charge in [-0.05, 0) is 60.4 Å². The Morgan fingerprint density at radius 2 is 0.921 bits per heavy atom. The summed E-state index contributed by atoms with van der Waals surface area (Å²) in [5.74, 6) is 0.843. The van der Waals surface area contributed by atoms with Crippen molar-refractivity contribution >= 4 is 6.16 Å². The maximum Gasteiger partial charge on any atom is 0.519 e. The van der Waals surface area contributed by atoms with E-state index in [0.717, 1.165) is 35.1 Å². The molecule has 5 heteroatoms. The summed E-state index contributed by atoms with van der Waals surface area (Å²) in [5.41, 5.74) is 4.45. The number of benzene rings is 4. The minimum atomic E-state index is -0.779. The van der Waals surface area contributed by atoms with Crippen LogP contribution in [-0.4, -0.2) is 19.4 Å². The first-order valence-corrected chi connectivity index (χ1v) is 13.0. The van der Waals surface area contributed by atoms with E-state index in [4.69, 9.17) is 18.9 Å². The monoisotopic (exact) mass is 510 g/mol. The van der Waals surface area contributed by atoms with Gasteiger partial charge in [-0.2, -0.15) is 0 Å². The van der Waals surface area contributed by atoms with Crippen molar-refractivity contribution in [3.63, 3.8) is 0 Å². The molecule has 0 fully saturated rings. The lowest BCUT2D eigenvalue weighted by Crippen LogP contribution is -2.14. The SMILES string of the molecule is CCOC(Cc1ccc(OC(=O)Oc2ccc(CC(OCC)c3ccccc3)cc2)cc1)c1ccccc1. The average molecular weight is 511 g/mol. The van der Waals surface area contributed by atoms with E-state index in [-0.39, 0.29) is 12.2 Å². The summed E-state index contributed by atoms with van der Waals surface area (Å²) in [4.78, 5) is 12.4. The van der Waals surface area contributed by atoms with Gasteiger partial charge in [-0.1, -0.05) is 84.9 Å². The Hall–Kier alpha value is -3.93. The van der Waals surface area contributed by atoms with Gasteiger partial charge in [0.1, 0.15) is 11.5 Å². The Kier molecular flexibility index (Phi) is 10.1. The van der Waals surface area contributed by atoms with Crippen LogP contribution in [0.1, 0.15) is 48.3 Å². The maximum absolute atomic E-state index is 12.4. The standard InChI is InChI=1S/C33H34O5/c1-3-35-31(27-11-7-5-8-12-27)23-25-15-19-29(20-16-25)37-33(34)38-30-21-17-26(18-22-30)24-32(36-4-2)28-13-9-6-10-14-28/h5-22,31-32H,3-4,23-24H2,1-2H3. The molecular formula is C33H34O5. The molecule has 4 aromatic rings. The molecular weight excluding hydrogens is 476 g/mol. The van der Waals surface area contributed by atoms with Crippen molar-refractivity contribution in [3.8, 4) is 11.5 Å². The minimum Gasteiger partial charge on any atom is -0.395 e. The van der Waals surface area contributed by atoms with E-state index < -0.39 is 6.16 Å². The molecule has 5 nitrogen and oxygen atoms in total. The molecule has 38 heavy (non-hydrogen) atoms. The largest absolute Gasteiger partial charge is 0.519 e.